The molecule has 0 saturated heterocycles. The second kappa shape index (κ2) is 11.0. The van der Waals surface area contributed by atoms with E-state index >= 15 is 0 Å². The smallest absolute Gasteiger partial charge is 0.0929 e. The van der Waals surface area contributed by atoms with Crippen molar-refractivity contribution in [3.63, 3.8) is 0 Å². The van der Waals surface area contributed by atoms with Gasteiger partial charge in [0, 0.05) is 24.6 Å². The molecular formula is C18H29FN2. The second-order valence-corrected chi connectivity index (χ2v) is 4.97. The van der Waals surface area contributed by atoms with Gasteiger partial charge in [0.2, 0.25) is 0 Å². The second-order valence-electron chi connectivity index (χ2n) is 4.97. The Kier molecular flexibility index (Phi) is 10.0. The van der Waals surface area contributed by atoms with E-state index in [9.17, 15) is 4.39 Å². The average Bonchev–Trinajstić information content (AvgIpc) is 2.45. The van der Waals surface area contributed by atoms with Crippen LogP contribution in [0.1, 0.15) is 39.5 Å². The molecule has 0 heterocycles. The quantitative estimate of drug-likeness (QED) is 0.461. The Hall–Kier alpha value is -1.77. The van der Waals surface area contributed by atoms with Crippen molar-refractivity contribution in [1.29, 1.82) is 0 Å². The summed E-state index contributed by atoms with van der Waals surface area (Å²) >= 11 is 0. The van der Waals surface area contributed by atoms with Crippen molar-refractivity contribution in [2.75, 3.05) is 13.7 Å². The standard InChI is InChI=1S/C18H29FN2/c1-6-15(3)10-9-13-21(5)18(14-16(4)20)17(7-2)11-8-12-19/h9,11,13-14H,3-4,6-8,10,12,20H2,1-2,5H3/b13-9+,17-11-,18-14+. The molecule has 0 fully saturated rings. The number of alkyl halides is 1. The Morgan fingerprint density at radius 3 is 2.38 bits per heavy atom. The number of hydrogen-bond acceptors (Lipinski definition) is 2. The lowest BCUT2D eigenvalue weighted by molar-refractivity contribution is 0.499. The molecular weight excluding hydrogens is 263 g/mol. The van der Waals surface area contributed by atoms with Gasteiger partial charge in [0.15, 0.2) is 0 Å². The average molecular weight is 292 g/mol. The van der Waals surface area contributed by atoms with Crippen LogP contribution in [0, 0.1) is 0 Å². The van der Waals surface area contributed by atoms with Crippen LogP contribution in [0.4, 0.5) is 4.39 Å². The lowest BCUT2D eigenvalue weighted by Crippen LogP contribution is -2.13. The summed E-state index contributed by atoms with van der Waals surface area (Å²) in [6.07, 6.45) is 10.9. The minimum Gasteiger partial charge on any atom is -0.399 e. The third kappa shape index (κ3) is 8.18. The van der Waals surface area contributed by atoms with Gasteiger partial charge in [0.1, 0.15) is 0 Å². The van der Waals surface area contributed by atoms with E-state index in [2.05, 4.69) is 26.2 Å². The van der Waals surface area contributed by atoms with Gasteiger partial charge in [-0.3, -0.25) is 4.39 Å². The molecule has 0 atom stereocenters. The van der Waals surface area contributed by atoms with Crippen molar-refractivity contribution >= 4 is 0 Å². The number of nitrogens with two attached hydrogens (primary N) is 1. The maximum Gasteiger partial charge on any atom is 0.0929 e. The van der Waals surface area contributed by atoms with Gasteiger partial charge < -0.3 is 10.6 Å². The van der Waals surface area contributed by atoms with Gasteiger partial charge in [0.05, 0.1) is 6.67 Å². The van der Waals surface area contributed by atoms with Crippen LogP contribution in [-0.2, 0) is 0 Å². The van der Waals surface area contributed by atoms with E-state index in [1.807, 2.05) is 37.2 Å². The molecule has 2 nitrogen and oxygen atoms in total. The lowest BCUT2D eigenvalue weighted by atomic mass is 10.1. The topological polar surface area (TPSA) is 29.3 Å². The molecule has 0 bridgehead atoms. The Labute approximate surface area is 129 Å². The molecule has 0 spiro atoms. The highest BCUT2D eigenvalue weighted by Crippen LogP contribution is 2.20. The highest BCUT2D eigenvalue weighted by atomic mass is 19.1. The van der Waals surface area contributed by atoms with Crippen LogP contribution in [0.25, 0.3) is 0 Å². The van der Waals surface area contributed by atoms with Gasteiger partial charge in [-0.05, 0) is 37.3 Å². The molecule has 0 rings (SSSR count). The number of halogens is 1. The van der Waals surface area contributed by atoms with Crippen molar-refractivity contribution in [2.24, 2.45) is 5.73 Å². The lowest BCUT2D eigenvalue weighted by Gasteiger charge is -2.21. The van der Waals surface area contributed by atoms with Crippen LogP contribution in [0.3, 0.4) is 0 Å². The number of likely N-dealkylation sites (N-methyl/N-ethyl adjacent to an activating group) is 1. The maximum absolute atomic E-state index is 12.4. The van der Waals surface area contributed by atoms with Gasteiger partial charge in [-0.2, -0.15) is 0 Å². The fraction of sp³-hybridized carbons (Fsp3) is 0.444. The third-order valence-corrected chi connectivity index (χ3v) is 3.15. The van der Waals surface area contributed by atoms with E-state index in [0.717, 1.165) is 30.5 Å². The van der Waals surface area contributed by atoms with E-state index in [0.29, 0.717) is 12.1 Å². The summed E-state index contributed by atoms with van der Waals surface area (Å²) in [7, 11) is 1.96. The molecule has 0 aliphatic carbocycles. The first-order valence-corrected chi connectivity index (χ1v) is 7.43. The molecule has 0 aliphatic rings. The maximum atomic E-state index is 12.4. The molecule has 0 aromatic heterocycles. The Morgan fingerprint density at radius 2 is 1.90 bits per heavy atom. The van der Waals surface area contributed by atoms with E-state index in [4.69, 9.17) is 5.73 Å². The third-order valence-electron chi connectivity index (χ3n) is 3.15. The summed E-state index contributed by atoms with van der Waals surface area (Å²) in [5.74, 6) is 0. The van der Waals surface area contributed by atoms with E-state index < -0.39 is 0 Å². The first-order chi connectivity index (χ1) is 9.96. The molecule has 0 aromatic carbocycles. The number of rotatable bonds is 10. The Bertz CT molecular complexity index is 430. The Balaban J connectivity index is 5.14. The zero-order valence-electron chi connectivity index (χ0n) is 13.7. The van der Waals surface area contributed by atoms with E-state index in [-0.39, 0.29) is 6.67 Å². The summed E-state index contributed by atoms with van der Waals surface area (Å²) in [5.41, 5.74) is 9.42. The van der Waals surface area contributed by atoms with Crippen molar-refractivity contribution in [2.45, 2.75) is 39.5 Å². The van der Waals surface area contributed by atoms with Gasteiger partial charge >= 0.3 is 0 Å². The SMILES string of the molecule is C=C(N)/C=C(\C(=C/CCF)CC)N(C)/C=C/CC(=C)CC. The molecule has 21 heavy (non-hydrogen) atoms. The van der Waals surface area contributed by atoms with Crippen LogP contribution >= 0.6 is 0 Å². The molecule has 0 unspecified atom stereocenters. The largest absolute Gasteiger partial charge is 0.399 e. The zero-order valence-corrected chi connectivity index (χ0v) is 13.7. The summed E-state index contributed by atoms with van der Waals surface area (Å²) in [6.45, 7) is 11.5. The van der Waals surface area contributed by atoms with Crippen LogP contribution in [0.5, 0.6) is 0 Å². The van der Waals surface area contributed by atoms with Crippen LogP contribution < -0.4 is 5.73 Å². The monoisotopic (exact) mass is 292 g/mol. The fourth-order valence-corrected chi connectivity index (χ4v) is 1.86. The molecule has 0 radical (unpaired) electrons. The van der Waals surface area contributed by atoms with Gasteiger partial charge in [0.25, 0.3) is 0 Å². The predicted molar refractivity (Wildman–Crippen MR) is 91.3 cm³/mol. The number of nitrogens with zero attached hydrogens (tertiary/aromatic N) is 1. The zero-order chi connectivity index (χ0) is 16.3. The fourth-order valence-electron chi connectivity index (χ4n) is 1.86. The molecule has 0 aromatic rings. The number of hydrogen-bond donors (Lipinski definition) is 1. The molecule has 0 aliphatic heterocycles. The highest BCUT2D eigenvalue weighted by Gasteiger charge is 2.07. The molecule has 118 valence electrons. The van der Waals surface area contributed by atoms with Gasteiger partial charge in [-0.25, -0.2) is 0 Å². The van der Waals surface area contributed by atoms with Crippen molar-refractivity contribution in [3.05, 3.63) is 60.1 Å². The van der Waals surface area contributed by atoms with Crippen molar-refractivity contribution in [1.82, 2.24) is 4.90 Å². The summed E-state index contributed by atoms with van der Waals surface area (Å²) in [5, 5.41) is 0. The van der Waals surface area contributed by atoms with E-state index in [1.54, 1.807) is 0 Å². The molecule has 0 amide bonds. The summed E-state index contributed by atoms with van der Waals surface area (Å²) < 4.78 is 12.4. The summed E-state index contributed by atoms with van der Waals surface area (Å²) in [4.78, 5) is 1.99. The highest BCUT2D eigenvalue weighted by molar-refractivity contribution is 5.35. The Morgan fingerprint density at radius 1 is 1.24 bits per heavy atom. The van der Waals surface area contributed by atoms with Crippen LogP contribution in [0.15, 0.2) is 60.1 Å². The van der Waals surface area contributed by atoms with Gasteiger partial charge in [-0.15, -0.1) is 0 Å². The van der Waals surface area contributed by atoms with Crippen LogP contribution in [-0.4, -0.2) is 18.6 Å². The van der Waals surface area contributed by atoms with Crippen molar-refractivity contribution in [3.8, 4) is 0 Å². The first kappa shape index (κ1) is 19.2. The first-order valence-electron chi connectivity index (χ1n) is 7.43. The van der Waals surface area contributed by atoms with E-state index in [1.165, 1.54) is 5.57 Å². The normalized spacial score (nSPS) is 12.8. The molecule has 3 heteroatoms. The molecule has 0 saturated carbocycles. The minimum absolute atomic E-state index is 0.351. The number of allylic oxidation sites excluding steroid dienone is 5. The summed E-state index contributed by atoms with van der Waals surface area (Å²) in [6, 6.07) is 0. The van der Waals surface area contributed by atoms with Crippen LogP contribution in [0.2, 0.25) is 0 Å². The molecule has 2 N–H and O–H groups in total. The van der Waals surface area contributed by atoms with Gasteiger partial charge in [-0.1, -0.05) is 44.7 Å². The minimum atomic E-state index is -0.351. The van der Waals surface area contributed by atoms with Crippen molar-refractivity contribution < 1.29 is 4.39 Å². The predicted octanol–water partition coefficient (Wildman–Crippen LogP) is 4.84.